The summed E-state index contributed by atoms with van der Waals surface area (Å²) < 4.78 is 0. The molecule has 2 atom stereocenters. The molecule has 20 heavy (non-hydrogen) atoms. The molecule has 0 aromatic heterocycles. The Kier molecular flexibility index (Phi) is 4.74. The maximum absolute atomic E-state index is 12.0. The minimum absolute atomic E-state index is 0.000255. The molecule has 1 heterocycles. The molecule has 0 aliphatic carbocycles. The van der Waals surface area contributed by atoms with Gasteiger partial charge < -0.3 is 15.3 Å². The molecule has 0 saturated carbocycles. The normalized spacial score (nSPS) is 19.7. The molecule has 1 aromatic rings. The number of nitrogens with zero attached hydrogens (tertiary/aromatic N) is 1. The van der Waals surface area contributed by atoms with Crippen LogP contribution >= 0.6 is 0 Å². The van der Waals surface area contributed by atoms with Crippen LogP contribution in [0.1, 0.15) is 23.7 Å². The fourth-order valence-corrected chi connectivity index (χ4v) is 2.37. The Hall–Kier alpha value is -1.88. The van der Waals surface area contributed by atoms with Crippen molar-refractivity contribution in [1.29, 1.82) is 0 Å². The zero-order valence-electron chi connectivity index (χ0n) is 11.6. The van der Waals surface area contributed by atoms with E-state index in [1.807, 2.05) is 6.07 Å². The van der Waals surface area contributed by atoms with E-state index in [0.29, 0.717) is 18.7 Å². The van der Waals surface area contributed by atoms with Gasteiger partial charge in [0, 0.05) is 24.6 Å². The van der Waals surface area contributed by atoms with Gasteiger partial charge >= 0.3 is 0 Å². The van der Waals surface area contributed by atoms with Gasteiger partial charge in [-0.05, 0) is 25.5 Å². The van der Waals surface area contributed by atoms with E-state index in [2.05, 4.69) is 5.32 Å². The molecule has 0 spiro atoms. The summed E-state index contributed by atoms with van der Waals surface area (Å²) in [5.41, 5.74) is 0.545. The SMILES string of the molecule is CC(O)C1CCN(C(=O)CNC(=O)c2ccccc2)C1. The molecule has 1 aliphatic rings. The van der Waals surface area contributed by atoms with Crippen molar-refractivity contribution in [3.05, 3.63) is 35.9 Å². The lowest BCUT2D eigenvalue weighted by Gasteiger charge is -2.18. The molecule has 2 unspecified atom stereocenters. The Morgan fingerprint density at radius 2 is 2.10 bits per heavy atom. The van der Waals surface area contributed by atoms with E-state index in [1.165, 1.54) is 0 Å². The van der Waals surface area contributed by atoms with E-state index < -0.39 is 6.10 Å². The predicted octanol–water partition coefficient (Wildman–Crippen LogP) is 0.646. The maximum Gasteiger partial charge on any atom is 0.251 e. The number of benzene rings is 1. The van der Waals surface area contributed by atoms with Gasteiger partial charge in [-0.25, -0.2) is 0 Å². The second-order valence-corrected chi connectivity index (χ2v) is 5.18. The molecular formula is C15H20N2O3. The molecule has 1 aromatic carbocycles. The monoisotopic (exact) mass is 276 g/mol. The van der Waals surface area contributed by atoms with Gasteiger partial charge in [-0.3, -0.25) is 9.59 Å². The average Bonchev–Trinajstić information content (AvgIpc) is 2.95. The summed E-state index contributed by atoms with van der Waals surface area (Å²) in [6, 6.07) is 8.81. The Balaban J connectivity index is 1.80. The first-order valence-electron chi connectivity index (χ1n) is 6.87. The van der Waals surface area contributed by atoms with Gasteiger partial charge in [0.25, 0.3) is 5.91 Å². The van der Waals surface area contributed by atoms with E-state index in [0.717, 1.165) is 6.42 Å². The Morgan fingerprint density at radius 1 is 1.40 bits per heavy atom. The minimum atomic E-state index is -0.397. The van der Waals surface area contributed by atoms with Crippen LogP contribution in [0.15, 0.2) is 30.3 Å². The predicted molar refractivity (Wildman–Crippen MR) is 75.1 cm³/mol. The number of carbonyl (C=O) groups excluding carboxylic acids is 2. The van der Waals surface area contributed by atoms with Crippen LogP contribution < -0.4 is 5.32 Å². The first kappa shape index (κ1) is 14.5. The zero-order chi connectivity index (χ0) is 14.5. The highest BCUT2D eigenvalue weighted by Gasteiger charge is 2.28. The molecule has 5 heteroatoms. The standard InChI is InChI=1S/C15H20N2O3/c1-11(18)13-7-8-17(10-13)14(19)9-16-15(20)12-5-3-2-4-6-12/h2-6,11,13,18H,7-10H2,1H3,(H,16,20). The van der Waals surface area contributed by atoms with Crippen molar-refractivity contribution < 1.29 is 14.7 Å². The summed E-state index contributed by atoms with van der Waals surface area (Å²) in [4.78, 5) is 25.5. The molecule has 1 saturated heterocycles. The Labute approximate surface area is 118 Å². The van der Waals surface area contributed by atoms with E-state index >= 15 is 0 Å². The smallest absolute Gasteiger partial charge is 0.251 e. The molecule has 2 amide bonds. The second kappa shape index (κ2) is 6.52. The number of aliphatic hydroxyl groups excluding tert-OH is 1. The van der Waals surface area contributed by atoms with Crippen molar-refractivity contribution in [2.75, 3.05) is 19.6 Å². The largest absolute Gasteiger partial charge is 0.393 e. The van der Waals surface area contributed by atoms with Crippen LogP contribution in [0, 0.1) is 5.92 Å². The van der Waals surface area contributed by atoms with Crippen LogP contribution in [-0.2, 0) is 4.79 Å². The van der Waals surface area contributed by atoms with Gasteiger partial charge in [0.15, 0.2) is 0 Å². The van der Waals surface area contributed by atoms with Crippen LogP contribution in [-0.4, -0.2) is 47.6 Å². The van der Waals surface area contributed by atoms with E-state index in [-0.39, 0.29) is 24.3 Å². The third kappa shape index (κ3) is 3.57. The highest BCUT2D eigenvalue weighted by Crippen LogP contribution is 2.19. The number of amides is 2. The average molecular weight is 276 g/mol. The van der Waals surface area contributed by atoms with E-state index in [9.17, 15) is 14.7 Å². The van der Waals surface area contributed by atoms with Gasteiger partial charge in [0.05, 0.1) is 12.6 Å². The van der Waals surface area contributed by atoms with Crippen LogP contribution in [0.25, 0.3) is 0 Å². The van der Waals surface area contributed by atoms with Gasteiger partial charge in [-0.2, -0.15) is 0 Å². The first-order chi connectivity index (χ1) is 9.58. The van der Waals surface area contributed by atoms with Gasteiger partial charge in [-0.1, -0.05) is 18.2 Å². The maximum atomic E-state index is 12.0. The summed E-state index contributed by atoms with van der Waals surface area (Å²) in [6.45, 7) is 2.96. The zero-order valence-corrected chi connectivity index (χ0v) is 11.6. The third-order valence-electron chi connectivity index (χ3n) is 3.70. The lowest BCUT2D eigenvalue weighted by Crippen LogP contribution is -2.39. The fourth-order valence-electron chi connectivity index (χ4n) is 2.37. The van der Waals surface area contributed by atoms with Crippen molar-refractivity contribution in [2.45, 2.75) is 19.4 Å². The Morgan fingerprint density at radius 3 is 2.70 bits per heavy atom. The van der Waals surface area contributed by atoms with Crippen molar-refractivity contribution >= 4 is 11.8 Å². The summed E-state index contributed by atoms with van der Waals surface area (Å²) in [5, 5.41) is 12.1. The van der Waals surface area contributed by atoms with E-state index in [1.54, 1.807) is 36.1 Å². The van der Waals surface area contributed by atoms with Gasteiger partial charge in [0.1, 0.15) is 0 Å². The lowest BCUT2D eigenvalue weighted by atomic mass is 10.0. The van der Waals surface area contributed by atoms with Crippen molar-refractivity contribution in [3.8, 4) is 0 Å². The Bertz CT molecular complexity index is 473. The van der Waals surface area contributed by atoms with Gasteiger partial charge in [0.2, 0.25) is 5.91 Å². The number of rotatable bonds is 4. The number of carbonyl (C=O) groups is 2. The minimum Gasteiger partial charge on any atom is -0.393 e. The number of hydrogen-bond acceptors (Lipinski definition) is 3. The summed E-state index contributed by atoms with van der Waals surface area (Å²) in [6.07, 6.45) is 0.419. The second-order valence-electron chi connectivity index (χ2n) is 5.18. The molecule has 1 fully saturated rings. The number of nitrogens with one attached hydrogen (secondary N) is 1. The molecule has 5 nitrogen and oxygen atoms in total. The van der Waals surface area contributed by atoms with Crippen LogP contribution in [0.3, 0.4) is 0 Å². The van der Waals surface area contributed by atoms with Crippen LogP contribution in [0.5, 0.6) is 0 Å². The highest BCUT2D eigenvalue weighted by molar-refractivity contribution is 5.96. The molecular weight excluding hydrogens is 256 g/mol. The topological polar surface area (TPSA) is 69.6 Å². The molecule has 1 aliphatic heterocycles. The molecule has 2 N–H and O–H groups in total. The summed E-state index contributed by atoms with van der Waals surface area (Å²) in [7, 11) is 0. The summed E-state index contributed by atoms with van der Waals surface area (Å²) >= 11 is 0. The molecule has 108 valence electrons. The van der Waals surface area contributed by atoms with Crippen LogP contribution in [0.4, 0.5) is 0 Å². The quantitative estimate of drug-likeness (QED) is 0.848. The summed E-state index contributed by atoms with van der Waals surface area (Å²) in [5.74, 6) is -0.202. The van der Waals surface area contributed by atoms with Crippen molar-refractivity contribution in [2.24, 2.45) is 5.92 Å². The van der Waals surface area contributed by atoms with Gasteiger partial charge in [-0.15, -0.1) is 0 Å². The molecule has 0 radical (unpaired) electrons. The fraction of sp³-hybridized carbons (Fsp3) is 0.467. The number of hydrogen-bond donors (Lipinski definition) is 2. The van der Waals surface area contributed by atoms with E-state index in [4.69, 9.17) is 0 Å². The first-order valence-corrected chi connectivity index (χ1v) is 6.87. The number of aliphatic hydroxyl groups is 1. The van der Waals surface area contributed by atoms with Crippen molar-refractivity contribution in [1.82, 2.24) is 10.2 Å². The highest BCUT2D eigenvalue weighted by atomic mass is 16.3. The van der Waals surface area contributed by atoms with Crippen LogP contribution in [0.2, 0.25) is 0 Å². The molecule has 2 rings (SSSR count). The van der Waals surface area contributed by atoms with Crippen molar-refractivity contribution in [3.63, 3.8) is 0 Å². The molecule has 0 bridgehead atoms. The number of likely N-dealkylation sites (tertiary alicyclic amines) is 1. The lowest BCUT2D eigenvalue weighted by molar-refractivity contribution is -0.129. The third-order valence-corrected chi connectivity index (χ3v) is 3.70.